The highest BCUT2D eigenvalue weighted by Crippen LogP contribution is 2.53. The van der Waals surface area contributed by atoms with Crippen molar-refractivity contribution in [3.05, 3.63) is 95.7 Å². The average molecular weight is 509 g/mol. The highest BCUT2D eigenvalue weighted by molar-refractivity contribution is 6.24. The van der Waals surface area contributed by atoms with Crippen LogP contribution >= 0.6 is 0 Å². The second kappa shape index (κ2) is 8.99. The summed E-state index contributed by atoms with van der Waals surface area (Å²) < 4.78 is 10.3. The van der Waals surface area contributed by atoms with Crippen LogP contribution in [0, 0.1) is 11.8 Å². The Bertz CT molecular complexity index is 1490. The summed E-state index contributed by atoms with van der Waals surface area (Å²) in [5.41, 5.74) is 2.66. The predicted molar refractivity (Wildman–Crippen MR) is 138 cm³/mol. The number of anilines is 1. The summed E-state index contributed by atoms with van der Waals surface area (Å²) in [5.74, 6) is -2.17. The number of ether oxygens (including phenoxy) is 2. The zero-order valence-corrected chi connectivity index (χ0v) is 20.7. The molecule has 2 saturated heterocycles. The maximum absolute atomic E-state index is 14.0. The van der Waals surface area contributed by atoms with Gasteiger partial charge < -0.3 is 14.4 Å². The Labute approximate surface area is 219 Å². The first-order valence-electron chi connectivity index (χ1n) is 12.3. The molecule has 2 amide bonds. The van der Waals surface area contributed by atoms with Crippen LogP contribution in [0.5, 0.6) is 11.5 Å². The lowest BCUT2D eigenvalue weighted by Crippen LogP contribution is -2.44. The van der Waals surface area contributed by atoms with Gasteiger partial charge >= 0.3 is 5.97 Å². The van der Waals surface area contributed by atoms with E-state index in [1.54, 1.807) is 43.5 Å². The van der Waals surface area contributed by atoms with Gasteiger partial charge in [0.15, 0.2) is 5.78 Å². The van der Waals surface area contributed by atoms with Gasteiger partial charge in [0.25, 0.3) is 0 Å². The molecule has 0 radical (unpaired) electrons. The first kappa shape index (κ1) is 23.7. The molecule has 0 saturated carbocycles. The van der Waals surface area contributed by atoms with E-state index in [4.69, 9.17) is 9.47 Å². The Morgan fingerprint density at radius 2 is 1.47 bits per heavy atom. The van der Waals surface area contributed by atoms with Crippen LogP contribution in [0.25, 0.3) is 6.08 Å². The van der Waals surface area contributed by atoms with E-state index in [1.165, 1.54) is 24.0 Å². The standard InChI is InChI=1S/C30H24N2O6/c1-17(33)38-22-13-9-20(10-14-22)32-29(35)24-25(30(32)36)27(28(34)19-7-11-21(37-2)12-8-19)31-16-15-18-5-3-4-6-23(18)26(24)31/h3-16,24-27H,1-2H3/t24-,25-,26+,27+/m1/s1. The van der Waals surface area contributed by atoms with Crippen molar-refractivity contribution in [3.8, 4) is 11.5 Å². The number of nitrogens with zero attached hydrogens (tertiary/aromatic N) is 2. The van der Waals surface area contributed by atoms with E-state index in [-0.39, 0.29) is 11.7 Å². The summed E-state index contributed by atoms with van der Waals surface area (Å²) >= 11 is 0. The molecule has 3 heterocycles. The lowest BCUT2D eigenvalue weighted by molar-refractivity contribution is -0.132. The molecule has 0 aliphatic carbocycles. The molecule has 190 valence electrons. The van der Waals surface area contributed by atoms with E-state index in [0.717, 1.165) is 11.1 Å². The van der Waals surface area contributed by atoms with Gasteiger partial charge in [-0.3, -0.25) is 19.2 Å². The number of hydrogen-bond donors (Lipinski definition) is 0. The molecule has 0 unspecified atom stereocenters. The molecule has 4 atom stereocenters. The van der Waals surface area contributed by atoms with Crippen molar-refractivity contribution in [1.29, 1.82) is 0 Å². The van der Waals surface area contributed by atoms with Crippen LogP contribution in [0.4, 0.5) is 5.69 Å². The topological polar surface area (TPSA) is 93.2 Å². The third-order valence-corrected chi connectivity index (χ3v) is 7.46. The van der Waals surface area contributed by atoms with Crippen LogP contribution in [-0.4, -0.2) is 41.6 Å². The number of carbonyl (C=O) groups is 4. The van der Waals surface area contributed by atoms with Crippen molar-refractivity contribution >= 4 is 35.3 Å². The van der Waals surface area contributed by atoms with E-state index < -0.39 is 35.8 Å². The molecule has 0 bridgehead atoms. The van der Waals surface area contributed by atoms with Gasteiger partial charge in [-0.15, -0.1) is 0 Å². The molecule has 3 aliphatic heterocycles. The number of carbonyl (C=O) groups excluding carboxylic acids is 4. The van der Waals surface area contributed by atoms with Crippen LogP contribution in [0.3, 0.4) is 0 Å². The molecule has 2 fully saturated rings. The number of Topliss-reactive ketones (excluding diaryl/α,β-unsaturated/α-hetero) is 1. The van der Waals surface area contributed by atoms with Crippen LogP contribution in [-0.2, 0) is 14.4 Å². The molecule has 3 aliphatic rings. The molecule has 0 aromatic heterocycles. The number of methoxy groups -OCH3 is 1. The quantitative estimate of drug-likeness (QED) is 0.222. The van der Waals surface area contributed by atoms with Gasteiger partial charge in [0, 0.05) is 18.7 Å². The summed E-state index contributed by atoms with van der Waals surface area (Å²) in [6, 6.07) is 19.4. The number of hydrogen-bond acceptors (Lipinski definition) is 7. The number of rotatable bonds is 5. The number of benzene rings is 3. The van der Waals surface area contributed by atoms with E-state index in [1.807, 2.05) is 41.4 Å². The first-order valence-corrected chi connectivity index (χ1v) is 12.3. The number of amides is 2. The van der Waals surface area contributed by atoms with E-state index >= 15 is 0 Å². The van der Waals surface area contributed by atoms with Crippen molar-refractivity contribution in [3.63, 3.8) is 0 Å². The third kappa shape index (κ3) is 3.60. The molecule has 8 nitrogen and oxygen atoms in total. The zero-order chi connectivity index (χ0) is 26.6. The Morgan fingerprint density at radius 1 is 0.816 bits per heavy atom. The second-order valence-corrected chi connectivity index (χ2v) is 9.53. The van der Waals surface area contributed by atoms with Crippen molar-refractivity contribution in [2.24, 2.45) is 11.8 Å². The molecule has 3 aromatic rings. The smallest absolute Gasteiger partial charge is 0.308 e. The summed E-state index contributed by atoms with van der Waals surface area (Å²) in [7, 11) is 1.55. The minimum absolute atomic E-state index is 0.234. The Hall–Kier alpha value is -4.72. The van der Waals surface area contributed by atoms with Crippen molar-refractivity contribution in [2.45, 2.75) is 19.0 Å². The van der Waals surface area contributed by atoms with Gasteiger partial charge in [0.05, 0.1) is 30.7 Å². The maximum atomic E-state index is 14.0. The monoisotopic (exact) mass is 508 g/mol. The molecule has 38 heavy (non-hydrogen) atoms. The number of imide groups is 1. The molecule has 0 N–H and O–H groups in total. The average Bonchev–Trinajstić information content (AvgIpc) is 3.41. The van der Waals surface area contributed by atoms with Gasteiger partial charge in [0.1, 0.15) is 17.5 Å². The minimum atomic E-state index is -0.869. The molecule has 3 aromatic carbocycles. The summed E-state index contributed by atoms with van der Waals surface area (Å²) in [6.07, 6.45) is 3.75. The molecular weight excluding hydrogens is 484 g/mol. The predicted octanol–water partition coefficient (Wildman–Crippen LogP) is 4.02. The third-order valence-electron chi connectivity index (χ3n) is 7.46. The highest BCUT2D eigenvalue weighted by atomic mass is 16.5. The van der Waals surface area contributed by atoms with Gasteiger partial charge in [-0.1, -0.05) is 24.3 Å². The molecule has 8 heteroatoms. The molecule has 6 rings (SSSR count). The SMILES string of the molecule is COc1ccc(C(=O)[C@@H]2[C@@H]3C(=O)N(c4ccc(OC(C)=O)cc4)C(=O)[C@H]3[C@@H]3c4ccccc4C=CN23)cc1. The molecule has 0 spiro atoms. The van der Waals surface area contributed by atoms with Gasteiger partial charge in [0.2, 0.25) is 11.8 Å². The summed E-state index contributed by atoms with van der Waals surface area (Å²) in [4.78, 5) is 56.2. The largest absolute Gasteiger partial charge is 0.497 e. The number of esters is 1. The lowest BCUT2D eigenvalue weighted by atomic mass is 9.83. The highest BCUT2D eigenvalue weighted by Gasteiger charge is 2.64. The normalized spacial score (nSPS) is 23.1. The Morgan fingerprint density at radius 3 is 2.16 bits per heavy atom. The van der Waals surface area contributed by atoms with Crippen LogP contribution in [0.1, 0.15) is 34.5 Å². The fraction of sp³-hybridized carbons (Fsp3) is 0.200. The first-order chi connectivity index (χ1) is 18.4. The maximum Gasteiger partial charge on any atom is 0.308 e. The van der Waals surface area contributed by atoms with Gasteiger partial charge in [-0.2, -0.15) is 0 Å². The van der Waals surface area contributed by atoms with Crippen molar-refractivity contribution < 1.29 is 28.7 Å². The number of fused-ring (bicyclic) bond motifs is 5. The van der Waals surface area contributed by atoms with Crippen LogP contribution in [0.15, 0.2) is 79.0 Å². The summed E-state index contributed by atoms with van der Waals surface area (Å²) in [5, 5.41) is 0. The second-order valence-electron chi connectivity index (χ2n) is 9.53. The minimum Gasteiger partial charge on any atom is -0.497 e. The van der Waals surface area contributed by atoms with E-state index in [0.29, 0.717) is 22.7 Å². The zero-order valence-electron chi connectivity index (χ0n) is 20.7. The fourth-order valence-corrected chi connectivity index (χ4v) is 5.87. The van der Waals surface area contributed by atoms with E-state index in [9.17, 15) is 19.2 Å². The Balaban J connectivity index is 1.43. The lowest BCUT2D eigenvalue weighted by Gasteiger charge is -2.35. The van der Waals surface area contributed by atoms with Crippen LogP contribution < -0.4 is 14.4 Å². The van der Waals surface area contributed by atoms with Crippen LogP contribution in [0.2, 0.25) is 0 Å². The van der Waals surface area contributed by atoms with Crippen molar-refractivity contribution in [1.82, 2.24) is 4.90 Å². The number of ketones is 1. The fourth-order valence-electron chi connectivity index (χ4n) is 5.87. The summed E-state index contributed by atoms with van der Waals surface area (Å²) in [6.45, 7) is 1.30. The molecular formula is C30H24N2O6. The van der Waals surface area contributed by atoms with Gasteiger partial charge in [-0.25, -0.2) is 4.90 Å². The Kier molecular flexibility index (Phi) is 5.60. The van der Waals surface area contributed by atoms with E-state index in [2.05, 4.69) is 0 Å². The van der Waals surface area contributed by atoms with Gasteiger partial charge in [-0.05, 0) is 65.7 Å². The van der Waals surface area contributed by atoms with Crippen molar-refractivity contribution in [2.75, 3.05) is 12.0 Å².